The number of carbonyl (C=O) groups excluding carboxylic acids is 2. The Morgan fingerprint density at radius 1 is 1.00 bits per heavy atom. The number of ether oxygens (including phenoxy) is 2. The number of para-hydroxylation sites is 2. The van der Waals surface area contributed by atoms with Gasteiger partial charge in [0.25, 0.3) is 11.7 Å². The van der Waals surface area contributed by atoms with E-state index in [9.17, 15) is 14.7 Å². The molecule has 162 valence electrons. The number of aromatic nitrogens is 1. The molecule has 7 nitrogen and oxygen atoms in total. The molecule has 1 aliphatic heterocycles. The lowest BCUT2D eigenvalue weighted by Gasteiger charge is -2.26. The molecule has 0 spiro atoms. The quantitative estimate of drug-likeness (QED) is 0.352. The lowest BCUT2D eigenvalue weighted by atomic mass is 9.95. The van der Waals surface area contributed by atoms with Gasteiger partial charge in [-0.25, -0.2) is 0 Å². The van der Waals surface area contributed by atoms with E-state index in [1.54, 1.807) is 60.9 Å². The van der Waals surface area contributed by atoms with E-state index in [4.69, 9.17) is 21.1 Å². The number of anilines is 1. The number of Topliss-reactive ketones (excluding diaryl/α,β-unsaturated/α-hetero) is 1. The zero-order valence-corrected chi connectivity index (χ0v) is 18.0. The van der Waals surface area contributed by atoms with Crippen molar-refractivity contribution >= 4 is 34.7 Å². The van der Waals surface area contributed by atoms with E-state index < -0.39 is 17.7 Å². The predicted molar refractivity (Wildman–Crippen MR) is 120 cm³/mol. The van der Waals surface area contributed by atoms with E-state index in [1.165, 1.54) is 25.2 Å². The number of pyridine rings is 1. The summed E-state index contributed by atoms with van der Waals surface area (Å²) < 4.78 is 10.6. The normalized spacial score (nSPS) is 17.5. The van der Waals surface area contributed by atoms with Crippen molar-refractivity contribution in [2.24, 2.45) is 0 Å². The monoisotopic (exact) mass is 450 g/mol. The lowest BCUT2D eigenvalue weighted by Crippen LogP contribution is -2.29. The SMILES string of the molecule is COc1cc(/C(O)=C2/C(=O)C(=O)N(c3ccccc3OC)C2c2ccncc2)ccc1Cl. The standard InChI is InChI=1S/C24H19ClN2O5/c1-31-18-6-4-3-5-17(18)27-21(14-9-11-26-12-10-14)20(23(29)24(27)30)22(28)15-7-8-16(25)19(13-15)32-2/h3-13,21,28H,1-2H3/b22-20-. The summed E-state index contributed by atoms with van der Waals surface area (Å²) >= 11 is 6.10. The molecule has 1 fully saturated rings. The first-order valence-electron chi connectivity index (χ1n) is 9.65. The number of carbonyl (C=O) groups is 2. The number of hydrogen-bond acceptors (Lipinski definition) is 6. The molecular weight excluding hydrogens is 432 g/mol. The van der Waals surface area contributed by atoms with E-state index in [-0.39, 0.29) is 11.3 Å². The number of nitrogens with zero attached hydrogens (tertiary/aromatic N) is 2. The fourth-order valence-electron chi connectivity index (χ4n) is 3.73. The van der Waals surface area contributed by atoms with Gasteiger partial charge in [0.1, 0.15) is 17.3 Å². The van der Waals surface area contributed by atoms with Crippen molar-refractivity contribution < 1.29 is 24.2 Å². The van der Waals surface area contributed by atoms with Crippen molar-refractivity contribution in [1.29, 1.82) is 0 Å². The van der Waals surface area contributed by atoms with Gasteiger partial charge in [-0.15, -0.1) is 0 Å². The van der Waals surface area contributed by atoms with Crippen molar-refractivity contribution in [1.82, 2.24) is 4.98 Å². The Hall–Kier alpha value is -3.84. The first-order valence-corrected chi connectivity index (χ1v) is 10.0. The van der Waals surface area contributed by atoms with Gasteiger partial charge in [0.15, 0.2) is 0 Å². The maximum absolute atomic E-state index is 13.2. The van der Waals surface area contributed by atoms with E-state index in [1.807, 2.05) is 0 Å². The number of ketones is 1. The Labute approximate surface area is 189 Å². The maximum atomic E-state index is 13.2. The van der Waals surface area contributed by atoms with E-state index in [0.29, 0.717) is 33.3 Å². The van der Waals surface area contributed by atoms with E-state index in [2.05, 4.69) is 4.98 Å². The van der Waals surface area contributed by atoms with Crippen LogP contribution in [0.1, 0.15) is 17.2 Å². The highest BCUT2D eigenvalue weighted by Crippen LogP contribution is 2.45. The Morgan fingerprint density at radius 2 is 1.69 bits per heavy atom. The Balaban J connectivity index is 1.96. The summed E-state index contributed by atoms with van der Waals surface area (Å²) in [6, 6.07) is 14.0. The number of benzene rings is 2. The summed E-state index contributed by atoms with van der Waals surface area (Å²) in [6.45, 7) is 0. The van der Waals surface area contributed by atoms with Crippen LogP contribution < -0.4 is 14.4 Å². The van der Waals surface area contributed by atoms with Crippen molar-refractivity contribution in [3.05, 3.63) is 88.7 Å². The highest BCUT2D eigenvalue weighted by Gasteiger charge is 2.47. The molecule has 0 saturated carbocycles. The minimum absolute atomic E-state index is 0.0588. The summed E-state index contributed by atoms with van der Waals surface area (Å²) in [5, 5.41) is 11.5. The minimum Gasteiger partial charge on any atom is -0.507 e. The second kappa shape index (κ2) is 8.72. The number of aliphatic hydroxyl groups is 1. The van der Waals surface area contributed by atoms with Crippen LogP contribution >= 0.6 is 11.6 Å². The largest absolute Gasteiger partial charge is 0.507 e. The van der Waals surface area contributed by atoms with Gasteiger partial charge in [0.2, 0.25) is 0 Å². The van der Waals surface area contributed by atoms with Crippen molar-refractivity contribution in [2.75, 3.05) is 19.1 Å². The molecule has 1 saturated heterocycles. The van der Waals surface area contributed by atoms with E-state index in [0.717, 1.165) is 0 Å². The summed E-state index contributed by atoms with van der Waals surface area (Å²) in [5.41, 5.74) is 1.25. The molecule has 32 heavy (non-hydrogen) atoms. The third kappa shape index (κ3) is 3.56. The molecular formula is C24H19ClN2O5. The van der Waals surface area contributed by atoms with Gasteiger partial charge < -0.3 is 14.6 Å². The number of amides is 1. The molecule has 2 aromatic carbocycles. The highest BCUT2D eigenvalue weighted by atomic mass is 35.5. The zero-order chi connectivity index (χ0) is 22.8. The molecule has 4 rings (SSSR count). The first-order chi connectivity index (χ1) is 15.5. The Morgan fingerprint density at radius 3 is 2.38 bits per heavy atom. The third-order valence-corrected chi connectivity index (χ3v) is 5.55. The van der Waals surface area contributed by atoms with Crippen LogP contribution in [0.5, 0.6) is 11.5 Å². The highest BCUT2D eigenvalue weighted by molar-refractivity contribution is 6.52. The maximum Gasteiger partial charge on any atom is 0.300 e. The van der Waals surface area contributed by atoms with Crippen LogP contribution in [0.4, 0.5) is 5.69 Å². The number of rotatable bonds is 5. The van der Waals surface area contributed by atoms with Gasteiger partial charge in [-0.2, -0.15) is 0 Å². The molecule has 0 aliphatic carbocycles. The van der Waals surface area contributed by atoms with Crippen LogP contribution in [0.25, 0.3) is 5.76 Å². The summed E-state index contributed by atoms with van der Waals surface area (Å²) in [6.07, 6.45) is 3.12. The minimum atomic E-state index is -0.893. The molecule has 0 radical (unpaired) electrons. The van der Waals surface area contributed by atoms with E-state index >= 15 is 0 Å². The van der Waals surface area contributed by atoms with Gasteiger partial charge in [-0.05, 0) is 48.0 Å². The van der Waals surface area contributed by atoms with Crippen LogP contribution in [0.3, 0.4) is 0 Å². The second-order valence-corrected chi connectivity index (χ2v) is 7.38. The van der Waals surface area contributed by atoms with Gasteiger partial charge in [0.05, 0.1) is 36.5 Å². The smallest absolute Gasteiger partial charge is 0.300 e. The van der Waals surface area contributed by atoms with Crippen LogP contribution in [0, 0.1) is 0 Å². The fraction of sp³-hybridized carbons (Fsp3) is 0.125. The molecule has 1 N–H and O–H groups in total. The number of aliphatic hydroxyl groups excluding tert-OH is 1. The molecule has 1 atom stereocenters. The molecule has 8 heteroatoms. The summed E-state index contributed by atoms with van der Waals surface area (Å²) in [7, 11) is 2.93. The predicted octanol–water partition coefficient (Wildman–Crippen LogP) is 4.38. The van der Waals surface area contributed by atoms with Crippen LogP contribution in [0.15, 0.2) is 72.6 Å². The van der Waals surface area contributed by atoms with Crippen molar-refractivity contribution in [2.45, 2.75) is 6.04 Å². The number of halogens is 1. The molecule has 1 aliphatic rings. The molecule has 1 unspecified atom stereocenters. The van der Waals surface area contributed by atoms with Gasteiger partial charge in [0, 0.05) is 18.0 Å². The molecule has 1 aromatic heterocycles. The lowest BCUT2D eigenvalue weighted by molar-refractivity contribution is -0.132. The van der Waals surface area contributed by atoms with Gasteiger partial charge in [-0.3, -0.25) is 19.5 Å². The summed E-state index contributed by atoms with van der Waals surface area (Å²) in [5.74, 6) is -1.18. The first kappa shape index (κ1) is 21.4. The van der Waals surface area contributed by atoms with Gasteiger partial charge >= 0.3 is 0 Å². The van der Waals surface area contributed by atoms with Gasteiger partial charge in [-0.1, -0.05) is 23.7 Å². The topological polar surface area (TPSA) is 89.0 Å². The molecule has 1 amide bonds. The zero-order valence-electron chi connectivity index (χ0n) is 17.3. The van der Waals surface area contributed by atoms with Crippen molar-refractivity contribution in [3.8, 4) is 11.5 Å². The number of methoxy groups -OCH3 is 2. The average Bonchev–Trinajstić information content (AvgIpc) is 3.09. The van der Waals surface area contributed by atoms with Crippen LogP contribution in [-0.2, 0) is 9.59 Å². The summed E-state index contributed by atoms with van der Waals surface area (Å²) in [4.78, 5) is 31.7. The fourth-order valence-corrected chi connectivity index (χ4v) is 3.93. The molecule has 0 bridgehead atoms. The Kier molecular flexibility index (Phi) is 5.83. The van der Waals surface area contributed by atoms with Crippen LogP contribution in [0.2, 0.25) is 5.02 Å². The average molecular weight is 451 g/mol. The van der Waals surface area contributed by atoms with Crippen molar-refractivity contribution in [3.63, 3.8) is 0 Å². The number of hydrogen-bond donors (Lipinski definition) is 1. The van der Waals surface area contributed by atoms with Crippen LogP contribution in [-0.4, -0.2) is 36.0 Å². The second-order valence-electron chi connectivity index (χ2n) is 6.97. The Bertz CT molecular complexity index is 1230. The molecule has 2 heterocycles. The molecule has 3 aromatic rings. The third-order valence-electron chi connectivity index (χ3n) is 5.24.